The van der Waals surface area contributed by atoms with Crippen LogP contribution in [0, 0.1) is 6.92 Å². The van der Waals surface area contributed by atoms with E-state index in [-0.39, 0.29) is 5.91 Å². The summed E-state index contributed by atoms with van der Waals surface area (Å²) in [5.41, 5.74) is 2.89. The number of imidazole rings is 1. The van der Waals surface area contributed by atoms with E-state index in [0.29, 0.717) is 6.42 Å². The minimum atomic E-state index is 0.0623. The highest BCUT2D eigenvalue weighted by atomic mass is 16.1. The molecular weight excluding hydrogens is 288 g/mol. The van der Waals surface area contributed by atoms with Gasteiger partial charge in [0.1, 0.15) is 5.65 Å². The zero-order valence-electron chi connectivity index (χ0n) is 13.9. The Hall–Kier alpha value is -1.88. The van der Waals surface area contributed by atoms with Crippen molar-refractivity contribution in [2.75, 3.05) is 26.2 Å². The molecule has 0 spiro atoms. The number of amides is 1. The average molecular weight is 314 g/mol. The molecule has 0 saturated carbocycles. The lowest BCUT2D eigenvalue weighted by atomic mass is 10.2. The molecule has 0 aromatic carbocycles. The molecule has 124 valence electrons. The Morgan fingerprint density at radius 2 is 2.13 bits per heavy atom. The summed E-state index contributed by atoms with van der Waals surface area (Å²) in [6, 6.07) is 4.03. The molecule has 2 aromatic rings. The van der Waals surface area contributed by atoms with Crippen molar-refractivity contribution in [3.63, 3.8) is 0 Å². The molecule has 3 rings (SSSR count). The largest absolute Gasteiger partial charge is 0.356 e. The molecule has 23 heavy (non-hydrogen) atoms. The summed E-state index contributed by atoms with van der Waals surface area (Å²) < 4.78 is 1.98. The smallest absolute Gasteiger partial charge is 0.226 e. The third-order valence-corrected chi connectivity index (χ3v) is 4.49. The van der Waals surface area contributed by atoms with Crippen molar-refractivity contribution in [3.05, 3.63) is 35.8 Å². The second kappa shape index (κ2) is 7.59. The molecular formula is C18H26N4O. The first-order chi connectivity index (χ1) is 11.2. The molecule has 1 amide bonds. The Morgan fingerprint density at radius 1 is 1.30 bits per heavy atom. The van der Waals surface area contributed by atoms with E-state index < -0.39 is 0 Å². The van der Waals surface area contributed by atoms with Crippen molar-refractivity contribution in [1.82, 2.24) is 19.6 Å². The van der Waals surface area contributed by atoms with E-state index >= 15 is 0 Å². The third-order valence-electron chi connectivity index (χ3n) is 4.49. The van der Waals surface area contributed by atoms with Crippen LogP contribution in [0.2, 0.25) is 0 Å². The molecule has 2 aromatic heterocycles. The van der Waals surface area contributed by atoms with E-state index in [9.17, 15) is 4.79 Å². The van der Waals surface area contributed by atoms with E-state index in [2.05, 4.69) is 15.2 Å². The monoisotopic (exact) mass is 314 g/mol. The summed E-state index contributed by atoms with van der Waals surface area (Å²) in [7, 11) is 0. The van der Waals surface area contributed by atoms with Crippen LogP contribution in [0.25, 0.3) is 5.65 Å². The lowest BCUT2D eigenvalue weighted by Crippen LogP contribution is -2.27. The highest BCUT2D eigenvalue weighted by molar-refractivity contribution is 5.78. The fourth-order valence-electron chi connectivity index (χ4n) is 3.21. The summed E-state index contributed by atoms with van der Waals surface area (Å²) in [6.07, 6.45) is 9.16. The van der Waals surface area contributed by atoms with Crippen molar-refractivity contribution < 1.29 is 4.79 Å². The van der Waals surface area contributed by atoms with Crippen LogP contribution in [0.5, 0.6) is 0 Å². The summed E-state index contributed by atoms with van der Waals surface area (Å²) >= 11 is 0. The number of aromatic nitrogens is 2. The van der Waals surface area contributed by atoms with Gasteiger partial charge in [0.05, 0.1) is 12.1 Å². The quantitative estimate of drug-likeness (QED) is 0.797. The highest BCUT2D eigenvalue weighted by Crippen LogP contribution is 2.10. The number of unbranched alkanes of at least 4 members (excludes halogenated alkanes) is 1. The molecule has 3 heterocycles. The molecule has 0 bridgehead atoms. The van der Waals surface area contributed by atoms with Gasteiger partial charge in [-0.2, -0.15) is 0 Å². The normalized spacial score (nSPS) is 15.3. The lowest BCUT2D eigenvalue weighted by Gasteiger charge is -2.13. The number of carbonyl (C=O) groups excluding carboxylic acids is 1. The molecule has 1 aliphatic heterocycles. The second-order valence-corrected chi connectivity index (χ2v) is 6.44. The van der Waals surface area contributed by atoms with Gasteiger partial charge in [-0.1, -0.05) is 6.07 Å². The summed E-state index contributed by atoms with van der Waals surface area (Å²) in [5.74, 6) is 0.0623. The van der Waals surface area contributed by atoms with Crippen LogP contribution in [0.15, 0.2) is 24.5 Å². The molecule has 0 radical (unpaired) electrons. The molecule has 1 aliphatic rings. The number of fused-ring (bicyclic) bond motifs is 1. The zero-order valence-corrected chi connectivity index (χ0v) is 13.9. The van der Waals surface area contributed by atoms with Crippen LogP contribution in [0.3, 0.4) is 0 Å². The summed E-state index contributed by atoms with van der Waals surface area (Å²) in [5, 5.41) is 3.01. The van der Waals surface area contributed by atoms with Gasteiger partial charge in [0.2, 0.25) is 5.91 Å². The van der Waals surface area contributed by atoms with Crippen molar-refractivity contribution in [2.45, 2.75) is 39.0 Å². The number of carbonyl (C=O) groups is 1. The Balaban J connectivity index is 1.39. The van der Waals surface area contributed by atoms with E-state index in [0.717, 1.165) is 36.3 Å². The lowest BCUT2D eigenvalue weighted by molar-refractivity contribution is -0.120. The fourth-order valence-corrected chi connectivity index (χ4v) is 3.21. The zero-order chi connectivity index (χ0) is 16.1. The van der Waals surface area contributed by atoms with Gasteiger partial charge in [0.15, 0.2) is 0 Å². The first kappa shape index (κ1) is 16.0. The Labute approximate surface area is 137 Å². The SMILES string of the molecule is Cc1cccn2cc(CC(=O)NCCCCN3CCCC3)nc12. The highest BCUT2D eigenvalue weighted by Gasteiger charge is 2.11. The minimum Gasteiger partial charge on any atom is -0.356 e. The first-order valence-corrected chi connectivity index (χ1v) is 8.64. The topological polar surface area (TPSA) is 49.6 Å². The number of pyridine rings is 1. The van der Waals surface area contributed by atoms with Gasteiger partial charge in [0, 0.05) is 18.9 Å². The van der Waals surface area contributed by atoms with Crippen LogP contribution in [-0.4, -0.2) is 46.4 Å². The van der Waals surface area contributed by atoms with E-state index in [1.807, 2.05) is 35.9 Å². The van der Waals surface area contributed by atoms with Gasteiger partial charge >= 0.3 is 0 Å². The van der Waals surface area contributed by atoms with Gasteiger partial charge in [-0.25, -0.2) is 4.98 Å². The number of rotatable bonds is 7. The van der Waals surface area contributed by atoms with Gasteiger partial charge in [-0.15, -0.1) is 0 Å². The summed E-state index contributed by atoms with van der Waals surface area (Å²) in [6.45, 7) is 6.46. The Morgan fingerprint density at radius 3 is 2.91 bits per heavy atom. The van der Waals surface area contributed by atoms with Crippen LogP contribution >= 0.6 is 0 Å². The maximum absolute atomic E-state index is 12.0. The predicted octanol–water partition coefficient (Wildman–Crippen LogP) is 2.18. The van der Waals surface area contributed by atoms with Crippen LogP contribution in [0.4, 0.5) is 0 Å². The number of aryl methyl sites for hydroxylation is 1. The molecule has 0 atom stereocenters. The van der Waals surface area contributed by atoms with Gasteiger partial charge < -0.3 is 14.6 Å². The molecule has 5 nitrogen and oxygen atoms in total. The van der Waals surface area contributed by atoms with Crippen LogP contribution in [0.1, 0.15) is 36.9 Å². The van der Waals surface area contributed by atoms with E-state index in [1.54, 1.807) is 0 Å². The molecule has 1 N–H and O–H groups in total. The third kappa shape index (κ3) is 4.32. The maximum Gasteiger partial charge on any atom is 0.226 e. The van der Waals surface area contributed by atoms with E-state index in [4.69, 9.17) is 0 Å². The molecule has 5 heteroatoms. The maximum atomic E-state index is 12.0. The average Bonchev–Trinajstić information content (AvgIpc) is 3.16. The summed E-state index contributed by atoms with van der Waals surface area (Å²) in [4.78, 5) is 19.1. The number of nitrogens with one attached hydrogen (secondary N) is 1. The standard InChI is InChI=1S/C18H26N4O/c1-15-7-6-12-22-14-16(20-18(15)22)13-17(23)19-8-2-3-9-21-10-4-5-11-21/h6-7,12,14H,2-5,8-11,13H2,1H3,(H,19,23). The van der Waals surface area contributed by atoms with Crippen LogP contribution in [-0.2, 0) is 11.2 Å². The second-order valence-electron chi connectivity index (χ2n) is 6.44. The first-order valence-electron chi connectivity index (χ1n) is 8.64. The number of hydrogen-bond acceptors (Lipinski definition) is 3. The minimum absolute atomic E-state index is 0.0623. The van der Waals surface area contributed by atoms with E-state index in [1.165, 1.54) is 32.5 Å². The molecule has 1 saturated heterocycles. The fraction of sp³-hybridized carbons (Fsp3) is 0.556. The predicted molar refractivity (Wildman–Crippen MR) is 91.6 cm³/mol. The number of hydrogen-bond donors (Lipinski definition) is 1. The van der Waals surface area contributed by atoms with Crippen molar-refractivity contribution in [3.8, 4) is 0 Å². The Kier molecular flexibility index (Phi) is 5.28. The van der Waals surface area contributed by atoms with Gasteiger partial charge in [-0.3, -0.25) is 4.79 Å². The number of nitrogens with zero attached hydrogens (tertiary/aromatic N) is 3. The molecule has 0 unspecified atom stereocenters. The van der Waals surface area contributed by atoms with Crippen LogP contribution < -0.4 is 5.32 Å². The van der Waals surface area contributed by atoms with Gasteiger partial charge in [-0.05, 0) is 63.9 Å². The van der Waals surface area contributed by atoms with Crippen molar-refractivity contribution in [2.24, 2.45) is 0 Å². The molecule has 0 aliphatic carbocycles. The van der Waals surface area contributed by atoms with Crippen molar-refractivity contribution in [1.29, 1.82) is 0 Å². The van der Waals surface area contributed by atoms with Crippen molar-refractivity contribution >= 4 is 11.6 Å². The Bertz CT molecular complexity index is 658. The van der Waals surface area contributed by atoms with Gasteiger partial charge in [0.25, 0.3) is 0 Å². The molecule has 1 fully saturated rings. The number of likely N-dealkylation sites (tertiary alicyclic amines) is 1.